The molecule has 0 saturated carbocycles. The predicted octanol–water partition coefficient (Wildman–Crippen LogP) is 4.94. The fraction of sp³-hybridized carbons (Fsp3) is 0.189. The Hall–Kier alpha value is -6.86. The fourth-order valence-electron chi connectivity index (χ4n) is 4.85. The van der Waals surface area contributed by atoms with Gasteiger partial charge in [-0.05, 0) is 0 Å². The maximum atomic E-state index is 8.25. The molecule has 0 atom stereocenters. The first-order valence-electron chi connectivity index (χ1n) is 16.9. The van der Waals surface area contributed by atoms with Gasteiger partial charge in [0.05, 0.1) is 46.9 Å². The van der Waals surface area contributed by atoms with Crippen molar-refractivity contribution in [3.63, 3.8) is 0 Å². The molecular weight excluding hydrogens is 780 g/mol. The molecule has 6 aromatic rings. The first kappa shape index (κ1) is 46.3. The molecule has 0 bridgehead atoms. The smallest absolute Gasteiger partial charge is 0.400 e. The van der Waals surface area contributed by atoms with Crippen molar-refractivity contribution in [3.8, 4) is 34.2 Å². The van der Waals surface area contributed by atoms with Crippen molar-refractivity contribution in [3.05, 3.63) is 157 Å². The van der Waals surface area contributed by atoms with Crippen molar-refractivity contribution in [2.24, 2.45) is 15.0 Å². The number of H-pyrrole nitrogens is 3. The summed E-state index contributed by atoms with van der Waals surface area (Å²) in [5.74, 6) is 2.50. The van der Waals surface area contributed by atoms with Crippen LogP contribution in [0.2, 0.25) is 0 Å². The Morgan fingerprint density at radius 1 is 0.544 bits per heavy atom. The molecule has 0 aliphatic heterocycles. The van der Waals surface area contributed by atoms with Crippen LogP contribution in [-0.2, 0) is 17.1 Å². The van der Waals surface area contributed by atoms with Crippen LogP contribution >= 0.6 is 0 Å². The van der Waals surface area contributed by atoms with Gasteiger partial charge in [-0.15, -0.1) is 0 Å². The van der Waals surface area contributed by atoms with Gasteiger partial charge >= 0.3 is 17.1 Å². The predicted molar refractivity (Wildman–Crippen MR) is 215 cm³/mol. The van der Waals surface area contributed by atoms with E-state index in [2.05, 4.69) is 49.8 Å². The summed E-state index contributed by atoms with van der Waals surface area (Å²) in [6.07, 6.45) is 11.1. The van der Waals surface area contributed by atoms with E-state index in [4.69, 9.17) is 35.7 Å². The van der Waals surface area contributed by atoms with Gasteiger partial charge in [0.2, 0.25) is 0 Å². The molecule has 3 heterocycles. The van der Waals surface area contributed by atoms with Gasteiger partial charge in [0.1, 0.15) is 17.5 Å². The van der Waals surface area contributed by atoms with Crippen LogP contribution in [0.15, 0.2) is 125 Å². The Labute approximate surface area is 337 Å². The number of hydrogen-bond donors (Lipinski definition) is 4. The fourth-order valence-corrected chi connectivity index (χ4v) is 4.85. The number of aliphatic hydroxyl groups is 1. The Bertz CT molecular complexity index is 1850. The number of imidazole rings is 3. The Balaban J connectivity index is 0.000000922. The minimum absolute atomic E-state index is 0. The maximum Gasteiger partial charge on any atom is 2.00 e. The molecule has 0 unspecified atom stereocenters. The summed E-state index contributed by atoms with van der Waals surface area (Å²) in [7, 11) is 1.00. The largest absolute Gasteiger partial charge is 2.00 e. The molecule has 0 saturated heterocycles. The first-order valence-corrected chi connectivity index (χ1v) is 16.9. The summed E-state index contributed by atoms with van der Waals surface area (Å²) >= 11 is 0. The number of rotatable bonds is 15. The quantitative estimate of drug-likeness (QED) is 0.0466. The van der Waals surface area contributed by atoms with Crippen LogP contribution in [-0.4, -0.2) is 115 Å². The second-order valence-corrected chi connectivity index (χ2v) is 11.0. The number of aliphatic hydroxyl groups excluding tert-OH is 1. The molecule has 0 radical (unpaired) electrons. The van der Waals surface area contributed by atoms with Gasteiger partial charge in [-0.1, -0.05) is 91.0 Å². The van der Waals surface area contributed by atoms with Crippen LogP contribution in [0, 0.1) is 30.6 Å². The van der Waals surface area contributed by atoms with Crippen molar-refractivity contribution in [1.82, 2.24) is 34.8 Å². The topological polar surface area (TPSA) is 279 Å². The van der Waals surface area contributed by atoms with E-state index in [0.29, 0.717) is 19.6 Å². The number of aliphatic imine (C=N–C) groups is 3. The number of hydrogen-bond acceptors (Lipinski definition) is 14. The van der Waals surface area contributed by atoms with Crippen LogP contribution in [0.4, 0.5) is 0 Å². The van der Waals surface area contributed by atoms with Crippen LogP contribution in [0.3, 0.4) is 0 Å². The number of nitrogens with one attached hydrogen (secondary N) is 3. The average molecular weight is 821 g/mol. The van der Waals surface area contributed by atoms with Crippen LogP contribution in [0.1, 0.15) is 17.1 Å². The third-order valence-electron chi connectivity index (χ3n) is 7.24. The molecular formula is C37H40FeN12O7. The Morgan fingerprint density at radius 3 is 1.04 bits per heavy atom. The monoisotopic (exact) mass is 820 g/mol. The third-order valence-corrected chi connectivity index (χ3v) is 7.24. The van der Waals surface area contributed by atoms with E-state index in [1.54, 1.807) is 0 Å². The second-order valence-electron chi connectivity index (χ2n) is 11.0. The summed E-state index contributed by atoms with van der Waals surface area (Å²) in [5.41, 5.74) is 5.57. The van der Waals surface area contributed by atoms with E-state index in [1.807, 2.05) is 128 Å². The molecule has 0 aliphatic carbocycles. The van der Waals surface area contributed by atoms with Gasteiger partial charge in [0, 0.05) is 80.7 Å². The zero-order valence-electron chi connectivity index (χ0n) is 30.6. The van der Waals surface area contributed by atoms with Gasteiger partial charge in [-0.2, -0.15) is 0 Å². The summed E-state index contributed by atoms with van der Waals surface area (Å²) < 4.78 is 0. The van der Waals surface area contributed by atoms with E-state index in [-0.39, 0.29) is 17.1 Å². The van der Waals surface area contributed by atoms with Crippen molar-refractivity contribution >= 4 is 18.6 Å². The van der Waals surface area contributed by atoms with E-state index in [9.17, 15) is 0 Å². The number of aromatic nitrogens is 6. The zero-order chi connectivity index (χ0) is 40.4. The van der Waals surface area contributed by atoms with Crippen molar-refractivity contribution in [2.45, 2.75) is 0 Å². The Kier molecular flexibility index (Phi) is 21.8. The molecule has 20 heteroatoms. The van der Waals surface area contributed by atoms with Crippen LogP contribution in [0.5, 0.6) is 0 Å². The van der Waals surface area contributed by atoms with Gasteiger partial charge in [0.25, 0.3) is 0 Å². The number of aromatic amines is 3. The van der Waals surface area contributed by atoms with Crippen molar-refractivity contribution < 1.29 is 32.3 Å². The van der Waals surface area contributed by atoms with Gasteiger partial charge in [-0.3, -0.25) is 19.9 Å². The molecule has 0 fully saturated rings. The molecule has 3 aromatic heterocycles. The second kappa shape index (κ2) is 26.8. The Morgan fingerprint density at radius 2 is 0.789 bits per heavy atom. The van der Waals surface area contributed by atoms with E-state index < -0.39 is 10.2 Å². The van der Waals surface area contributed by atoms with E-state index in [0.717, 1.165) is 78.0 Å². The summed E-state index contributed by atoms with van der Waals surface area (Å²) in [6.45, 7) is 4.25. The number of nitrogens with zero attached hydrogens (tertiary/aromatic N) is 9. The van der Waals surface area contributed by atoms with Gasteiger partial charge in [-0.25, -0.2) is 15.0 Å². The van der Waals surface area contributed by atoms with Gasteiger partial charge < -0.3 is 50.7 Å². The normalized spacial score (nSPS) is 10.6. The number of benzene rings is 3. The SMILES string of the molecule is C(=NCCN(CCN=Cc1c[nH]c(-c2ccccc2)n1)CCN=Cc1c[nH]c(-c2ccccc2)n1)c1c[nH]c(-c2ccccc2)n1.CO.O=[N+]([O-])[O-].O=[N+]([O-])[O-].[Fe+2]. The molecule has 4 N–H and O–H groups in total. The van der Waals surface area contributed by atoms with Crippen molar-refractivity contribution in [1.29, 1.82) is 0 Å². The molecule has 0 aliphatic rings. The summed E-state index contributed by atoms with van der Waals surface area (Å²) in [6, 6.07) is 30.2. The van der Waals surface area contributed by atoms with E-state index >= 15 is 0 Å². The molecule has 298 valence electrons. The van der Waals surface area contributed by atoms with Crippen LogP contribution in [0.25, 0.3) is 34.2 Å². The van der Waals surface area contributed by atoms with Crippen molar-refractivity contribution in [2.75, 3.05) is 46.4 Å². The summed E-state index contributed by atoms with van der Waals surface area (Å²) in [4.78, 5) is 56.4. The maximum absolute atomic E-state index is 8.25. The van der Waals surface area contributed by atoms with Gasteiger partial charge in [0.15, 0.2) is 0 Å². The van der Waals surface area contributed by atoms with Crippen LogP contribution < -0.4 is 0 Å². The third kappa shape index (κ3) is 18.4. The molecule has 0 spiro atoms. The molecule has 57 heavy (non-hydrogen) atoms. The molecule has 6 rings (SSSR count). The zero-order valence-corrected chi connectivity index (χ0v) is 31.7. The summed E-state index contributed by atoms with van der Waals surface area (Å²) in [5, 5.41) is 36.5. The first-order chi connectivity index (χ1) is 27.3. The van der Waals surface area contributed by atoms with E-state index in [1.165, 1.54) is 0 Å². The molecule has 19 nitrogen and oxygen atoms in total. The minimum atomic E-state index is -1.75. The molecule has 0 amide bonds. The standard InChI is InChI=1S/C36H36N10.CH4O.Fe.2NO3/c1-4-10-28(11-5-1)34-40-25-31(43-34)22-37-16-19-46(20-17-38-23-32-26-41-35(44-32)29-12-6-2-7-13-29)21-18-39-24-33-27-42-36(45-33)30-14-8-3-9-15-30;1-2;;2*2-1(3)4/h1-15,22-27H,16-21H2,(H,40,43)(H,41,44)(H,42,45);2H,1H3;;;/q;;+2;2*-1. The minimum Gasteiger partial charge on any atom is -0.400 e. The molecule has 3 aromatic carbocycles. The average Bonchev–Trinajstić information content (AvgIpc) is 4.00.